The van der Waals surface area contributed by atoms with Gasteiger partial charge in [0.25, 0.3) is 0 Å². The molecule has 1 heterocycles. The molecule has 0 saturated carbocycles. The van der Waals surface area contributed by atoms with Crippen molar-refractivity contribution < 1.29 is 4.74 Å². The van der Waals surface area contributed by atoms with Crippen LogP contribution in [0.4, 0.5) is 0 Å². The first kappa shape index (κ1) is 15.0. The summed E-state index contributed by atoms with van der Waals surface area (Å²) in [5.41, 5.74) is 1.12. The highest BCUT2D eigenvalue weighted by molar-refractivity contribution is 9.10. The van der Waals surface area contributed by atoms with Gasteiger partial charge in [-0.15, -0.1) is 10.2 Å². The second-order valence-electron chi connectivity index (χ2n) is 4.91. The quantitative estimate of drug-likeness (QED) is 0.879. The fourth-order valence-electron chi connectivity index (χ4n) is 1.74. The lowest BCUT2D eigenvalue weighted by atomic mass is 10.2. The monoisotopic (exact) mass is 338 g/mol. The van der Waals surface area contributed by atoms with Crippen molar-refractivity contribution in [2.24, 2.45) is 7.05 Å². The topological polar surface area (TPSA) is 52.0 Å². The van der Waals surface area contributed by atoms with E-state index in [9.17, 15) is 0 Å². The third kappa shape index (κ3) is 3.80. The summed E-state index contributed by atoms with van der Waals surface area (Å²) in [5, 5.41) is 11.3. The normalized spacial score (nSPS) is 11.1. The van der Waals surface area contributed by atoms with Gasteiger partial charge >= 0.3 is 0 Å². The lowest BCUT2D eigenvalue weighted by Gasteiger charge is -2.15. The van der Waals surface area contributed by atoms with Crippen molar-refractivity contribution >= 4 is 15.9 Å². The zero-order chi connectivity index (χ0) is 14.5. The molecule has 0 aliphatic carbocycles. The van der Waals surface area contributed by atoms with Gasteiger partial charge in [-0.3, -0.25) is 0 Å². The largest absolute Gasteiger partial charge is 0.484 e. The predicted octanol–water partition coefficient (Wildman–Crippen LogP) is 2.65. The number of para-hydroxylation sites is 1. The van der Waals surface area contributed by atoms with Crippen molar-refractivity contribution in [2.45, 2.75) is 33.0 Å². The maximum absolute atomic E-state index is 5.92. The number of rotatable bonds is 6. The molecule has 1 N–H and O–H groups in total. The second kappa shape index (κ2) is 6.85. The summed E-state index contributed by atoms with van der Waals surface area (Å²) in [6.07, 6.45) is 1.67. The van der Waals surface area contributed by atoms with E-state index in [0.29, 0.717) is 12.6 Å². The Morgan fingerprint density at radius 3 is 2.85 bits per heavy atom. The van der Waals surface area contributed by atoms with Crippen LogP contribution in [0, 0.1) is 0 Å². The summed E-state index contributed by atoms with van der Waals surface area (Å²) >= 11 is 3.54. The van der Waals surface area contributed by atoms with Crippen LogP contribution in [0.2, 0.25) is 0 Å². The summed E-state index contributed by atoms with van der Waals surface area (Å²) in [7, 11) is 1.90. The highest BCUT2D eigenvalue weighted by atomic mass is 79.9. The second-order valence-corrected chi connectivity index (χ2v) is 5.76. The van der Waals surface area contributed by atoms with E-state index < -0.39 is 0 Å². The molecule has 2 aromatic rings. The summed E-state index contributed by atoms with van der Waals surface area (Å²) in [4.78, 5) is 0. The van der Waals surface area contributed by atoms with E-state index >= 15 is 0 Å². The molecule has 0 radical (unpaired) electrons. The standard InChI is InChI=1S/C14H19BrN4O/c1-10(2)16-7-11-5-4-6-12(15)14(11)20-8-13-18-17-9-19(13)3/h4-6,9-10,16H,7-8H2,1-3H3. The van der Waals surface area contributed by atoms with Crippen LogP contribution in [0.5, 0.6) is 5.75 Å². The molecule has 0 bridgehead atoms. The van der Waals surface area contributed by atoms with Gasteiger partial charge in [-0.05, 0) is 22.0 Å². The summed E-state index contributed by atoms with van der Waals surface area (Å²) in [6.45, 7) is 5.41. The van der Waals surface area contributed by atoms with Gasteiger partial charge in [0.05, 0.1) is 4.47 Å². The summed E-state index contributed by atoms with van der Waals surface area (Å²) in [6, 6.07) is 6.48. The summed E-state index contributed by atoms with van der Waals surface area (Å²) in [5.74, 6) is 1.65. The van der Waals surface area contributed by atoms with Gasteiger partial charge < -0.3 is 14.6 Å². The van der Waals surface area contributed by atoms with Crippen LogP contribution in [-0.4, -0.2) is 20.8 Å². The van der Waals surface area contributed by atoms with Crippen LogP contribution in [0.3, 0.4) is 0 Å². The third-order valence-corrected chi connectivity index (χ3v) is 3.52. The van der Waals surface area contributed by atoms with Crippen LogP contribution in [0.15, 0.2) is 29.0 Å². The first-order valence-electron chi connectivity index (χ1n) is 6.54. The Balaban J connectivity index is 2.11. The van der Waals surface area contributed by atoms with E-state index in [4.69, 9.17) is 4.74 Å². The van der Waals surface area contributed by atoms with Gasteiger partial charge in [-0.25, -0.2) is 0 Å². The van der Waals surface area contributed by atoms with E-state index in [2.05, 4.69) is 51.4 Å². The molecule has 0 unspecified atom stereocenters. The molecule has 0 spiro atoms. The number of ether oxygens (including phenoxy) is 1. The lowest BCUT2D eigenvalue weighted by molar-refractivity contribution is 0.285. The first-order valence-corrected chi connectivity index (χ1v) is 7.33. The van der Waals surface area contributed by atoms with Crippen molar-refractivity contribution in [1.29, 1.82) is 0 Å². The number of nitrogens with zero attached hydrogens (tertiary/aromatic N) is 3. The molecule has 0 aliphatic rings. The van der Waals surface area contributed by atoms with Gasteiger partial charge in [0.1, 0.15) is 18.7 Å². The van der Waals surface area contributed by atoms with Crippen molar-refractivity contribution in [2.75, 3.05) is 0 Å². The summed E-state index contributed by atoms with van der Waals surface area (Å²) < 4.78 is 8.71. The van der Waals surface area contributed by atoms with Crippen molar-refractivity contribution in [3.05, 3.63) is 40.4 Å². The SMILES string of the molecule is CC(C)NCc1cccc(Br)c1OCc1nncn1C. The third-order valence-electron chi connectivity index (χ3n) is 2.90. The molecule has 20 heavy (non-hydrogen) atoms. The molecular weight excluding hydrogens is 320 g/mol. The molecule has 0 amide bonds. The lowest BCUT2D eigenvalue weighted by Crippen LogP contribution is -2.22. The maximum atomic E-state index is 5.92. The Morgan fingerprint density at radius 2 is 2.20 bits per heavy atom. The molecule has 5 nitrogen and oxygen atoms in total. The van der Waals surface area contributed by atoms with Gasteiger partial charge in [-0.1, -0.05) is 26.0 Å². The highest BCUT2D eigenvalue weighted by Crippen LogP contribution is 2.29. The Hall–Kier alpha value is -1.40. The smallest absolute Gasteiger partial charge is 0.170 e. The van der Waals surface area contributed by atoms with Crippen LogP contribution in [0.25, 0.3) is 0 Å². The van der Waals surface area contributed by atoms with Crippen molar-refractivity contribution in [3.8, 4) is 5.75 Å². The predicted molar refractivity (Wildman–Crippen MR) is 81.5 cm³/mol. The molecule has 6 heteroatoms. The highest BCUT2D eigenvalue weighted by Gasteiger charge is 2.10. The Bertz CT molecular complexity index is 568. The minimum atomic E-state index is 0.397. The van der Waals surface area contributed by atoms with E-state index in [-0.39, 0.29) is 0 Å². The molecule has 1 aromatic heterocycles. The fraction of sp³-hybridized carbons (Fsp3) is 0.429. The minimum Gasteiger partial charge on any atom is -0.484 e. The van der Waals surface area contributed by atoms with Crippen LogP contribution in [0.1, 0.15) is 25.2 Å². The van der Waals surface area contributed by atoms with Gasteiger partial charge in [0.15, 0.2) is 5.82 Å². The van der Waals surface area contributed by atoms with E-state index in [1.165, 1.54) is 0 Å². The van der Waals surface area contributed by atoms with Crippen LogP contribution in [-0.2, 0) is 20.2 Å². The molecule has 0 aliphatic heterocycles. The van der Waals surface area contributed by atoms with Crippen LogP contribution >= 0.6 is 15.9 Å². The zero-order valence-electron chi connectivity index (χ0n) is 11.9. The molecule has 0 fully saturated rings. The number of nitrogens with one attached hydrogen (secondary N) is 1. The molecule has 2 rings (SSSR count). The van der Waals surface area contributed by atoms with Gasteiger partial charge in [-0.2, -0.15) is 0 Å². The van der Waals surface area contributed by atoms with Crippen LogP contribution < -0.4 is 10.1 Å². The van der Waals surface area contributed by atoms with Gasteiger partial charge in [0.2, 0.25) is 0 Å². The molecule has 108 valence electrons. The van der Waals surface area contributed by atoms with E-state index in [0.717, 1.165) is 28.2 Å². The average Bonchev–Trinajstić information content (AvgIpc) is 2.81. The number of benzene rings is 1. The minimum absolute atomic E-state index is 0.397. The number of hydrogen-bond donors (Lipinski definition) is 1. The zero-order valence-corrected chi connectivity index (χ0v) is 13.5. The number of halogens is 1. The maximum Gasteiger partial charge on any atom is 0.170 e. The van der Waals surface area contributed by atoms with Crippen molar-refractivity contribution in [1.82, 2.24) is 20.1 Å². The molecule has 0 atom stereocenters. The molecular formula is C14H19BrN4O. The fourth-order valence-corrected chi connectivity index (χ4v) is 2.26. The number of aromatic nitrogens is 3. The Morgan fingerprint density at radius 1 is 1.40 bits per heavy atom. The Kier molecular flexibility index (Phi) is 5.14. The average molecular weight is 339 g/mol. The Labute approximate surface area is 127 Å². The van der Waals surface area contributed by atoms with Gasteiger partial charge in [0, 0.05) is 25.2 Å². The van der Waals surface area contributed by atoms with E-state index in [1.54, 1.807) is 6.33 Å². The van der Waals surface area contributed by atoms with E-state index in [1.807, 2.05) is 23.7 Å². The number of aryl methyl sites for hydroxylation is 1. The van der Waals surface area contributed by atoms with Crippen molar-refractivity contribution in [3.63, 3.8) is 0 Å². The number of hydrogen-bond acceptors (Lipinski definition) is 4. The molecule has 0 saturated heterocycles. The first-order chi connectivity index (χ1) is 9.58. The molecule has 1 aromatic carbocycles.